The van der Waals surface area contributed by atoms with Gasteiger partial charge in [-0.25, -0.2) is 48.7 Å². The lowest BCUT2D eigenvalue weighted by atomic mass is 10.1. The van der Waals surface area contributed by atoms with Gasteiger partial charge in [-0.05, 0) is 140 Å². The van der Waals surface area contributed by atoms with Crippen molar-refractivity contribution in [3.8, 4) is 0 Å². The van der Waals surface area contributed by atoms with E-state index in [1.807, 2.05) is 42.5 Å². The van der Waals surface area contributed by atoms with Crippen molar-refractivity contribution in [2.75, 3.05) is 28.4 Å². The lowest BCUT2D eigenvalue weighted by molar-refractivity contribution is -0.138. The Kier molecular flexibility index (Phi) is 21.0. The number of nitrogens with one attached hydrogen (secondary N) is 4. The van der Waals surface area contributed by atoms with Crippen LogP contribution in [0.25, 0.3) is 86.8 Å². The van der Waals surface area contributed by atoms with Crippen LogP contribution in [0.4, 0.5) is 76.8 Å². The fraction of sp³-hybridized carbons (Fsp3) is 0.0506. The number of hydrogen-bond donors (Lipinski definition) is 6. The summed E-state index contributed by atoms with van der Waals surface area (Å²) in [5, 5.41) is 39.3. The number of Topliss-reactive ketones (excluding diaryl/α,β-unsaturated/α-hetero) is 1. The fourth-order valence-electron chi connectivity index (χ4n) is 11.7. The van der Waals surface area contributed by atoms with Crippen LogP contribution in [0.2, 0.25) is 15.1 Å². The van der Waals surface area contributed by atoms with Crippen molar-refractivity contribution >= 4 is 191 Å². The monoisotopic (exact) mass is 1530 g/mol. The number of nitrogens with zero attached hydrogens (tertiary/aromatic N) is 9. The molecule has 0 unspecified atom stereocenters. The summed E-state index contributed by atoms with van der Waals surface area (Å²) in [5.74, 6) is -1.43. The number of ether oxygens (including phenoxy) is 1. The van der Waals surface area contributed by atoms with Gasteiger partial charge in [-0.15, -0.1) is 0 Å². The second-order valence-corrected chi connectivity index (χ2v) is 25.1. The number of anilines is 8. The number of methoxy groups -OCH3 is 1. The molecule has 30 heteroatoms. The van der Waals surface area contributed by atoms with Crippen LogP contribution in [-0.4, -0.2) is 85.9 Å². The van der Waals surface area contributed by atoms with Crippen molar-refractivity contribution < 1.29 is 64.9 Å². The number of ketones is 1. The molecule has 6 N–H and O–H groups in total. The minimum Gasteiger partial charge on any atom is -0.478 e. The normalized spacial score (nSPS) is 11.3. The summed E-state index contributed by atoms with van der Waals surface area (Å²) in [4.78, 5) is 85.1. The molecule has 0 saturated heterocycles. The van der Waals surface area contributed by atoms with E-state index in [2.05, 4.69) is 61.1 Å². The zero-order valence-corrected chi connectivity index (χ0v) is 58.4. The quantitative estimate of drug-likeness (QED) is 0.0287. The highest BCUT2D eigenvalue weighted by molar-refractivity contribution is 6.32. The molecule has 20 nitrogen and oxygen atoms in total. The lowest BCUT2D eigenvalue weighted by Gasteiger charge is -2.14. The summed E-state index contributed by atoms with van der Waals surface area (Å²) in [6.45, 7) is 1.50. The molecule has 0 aliphatic rings. The lowest BCUT2D eigenvalue weighted by Crippen LogP contribution is -2.07. The Labute approximate surface area is 625 Å². The van der Waals surface area contributed by atoms with Gasteiger partial charge in [0.05, 0.1) is 67.0 Å². The molecule has 0 radical (unpaired) electrons. The van der Waals surface area contributed by atoms with Crippen molar-refractivity contribution in [1.82, 2.24) is 44.9 Å². The number of benzene rings is 8. The molecule has 0 amide bonds. The zero-order chi connectivity index (χ0) is 77.0. The maximum atomic E-state index is 13.4. The highest BCUT2D eigenvalue weighted by Gasteiger charge is 2.34. The van der Waals surface area contributed by atoms with E-state index in [1.165, 1.54) is 81.2 Å². The number of pyridine rings is 7. The van der Waals surface area contributed by atoms with E-state index < -0.39 is 52.2 Å². The number of aromatic carboxylic acids is 2. The molecule has 109 heavy (non-hydrogen) atoms. The summed E-state index contributed by atoms with van der Waals surface area (Å²) in [6.07, 6.45) is 3.87. The van der Waals surface area contributed by atoms with Gasteiger partial charge in [0, 0.05) is 136 Å². The van der Waals surface area contributed by atoms with Gasteiger partial charge in [-0.1, -0.05) is 77.3 Å². The third-order valence-corrected chi connectivity index (χ3v) is 17.7. The first-order valence-corrected chi connectivity index (χ1v) is 33.3. The maximum Gasteiger partial charge on any atom is 0.417 e. The molecule has 0 bridgehead atoms. The van der Waals surface area contributed by atoms with Gasteiger partial charge in [0.1, 0.15) is 35.1 Å². The number of carbonyl (C=O) groups excluding carboxylic acids is 2. The summed E-state index contributed by atoms with van der Waals surface area (Å²) >= 11 is 17.6. The highest BCUT2D eigenvalue weighted by atomic mass is 35.5. The average Bonchev–Trinajstić information content (AvgIpc) is 0.786. The number of esters is 1. The predicted molar refractivity (Wildman–Crippen MR) is 405 cm³/mol. The Morgan fingerprint density at radius 3 is 1.33 bits per heavy atom. The van der Waals surface area contributed by atoms with Crippen molar-refractivity contribution in [2.24, 2.45) is 0 Å². The Morgan fingerprint density at radius 2 is 0.844 bits per heavy atom. The van der Waals surface area contributed by atoms with Gasteiger partial charge in [0.25, 0.3) is 0 Å². The predicted octanol–water partition coefficient (Wildman–Crippen LogP) is 21.0. The summed E-state index contributed by atoms with van der Waals surface area (Å²) in [7, 11) is 1.36. The summed E-state index contributed by atoms with van der Waals surface area (Å²) in [6, 6.07) is 44.9. The Hall–Kier alpha value is -13.4. The van der Waals surface area contributed by atoms with Crippen LogP contribution in [0.5, 0.6) is 0 Å². The SMILES string of the molecule is CC(=O)c1ccc2c(c1)nc(Nc1ccc(F)c(Cl)c1)c1ncncc12.COC(=O)c1ccc2c(c1)nc(Nc1cccc(Cl)c1)c1ccncc12.O=C(O)c1ccc2c(c1)nc(Nc1ccc(Cl)c(C(F)(F)F)c1)c1ccncc12.O=C(O)c1ccc2c(c1)nc(Nc1cccc(C(F)(F)F)c1)c1ccncc12. The first-order valence-electron chi connectivity index (χ1n) is 32.2. The van der Waals surface area contributed by atoms with Crippen molar-refractivity contribution in [1.29, 1.82) is 0 Å². The molecule has 16 aromatic rings. The van der Waals surface area contributed by atoms with Crippen molar-refractivity contribution in [3.63, 3.8) is 0 Å². The fourth-order valence-corrected chi connectivity index (χ4v) is 12.3. The van der Waals surface area contributed by atoms with E-state index in [4.69, 9.17) is 44.5 Å². The highest BCUT2D eigenvalue weighted by Crippen LogP contribution is 2.40. The second-order valence-electron chi connectivity index (χ2n) is 23.9. The molecule has 0 saturated carbocycles. The maximum absolute atomic E-state index is 13.4. The molecule has 8 aromatic heterocycles. The minimum atomic E-state index is -4.60. The molecule has 16 rings (SSSR count). The standard InChI is InChI=1S/C20H11ClF3N3O2.C20H14ClN3O2.C20H12F3N3O2.C19H12ClFN4O/c21-16-4-2-11(8-15(16)20(22,23)24)26-18-13-5-6-25-9-14(13)12-3-1-10(19(28)29)7-17(12)27-18;1-26-20(25)12-5-6-15-17-11-22-8-7-16(17)19(24-18(15)9-12)23-14-4-2-3-13(21)10-14;21-20(22,23)12-2-1-3-13(9-12)25-18-15-6-7-24-10-16(15)14-5-4-11(19(27)28)8-17(14)26-18;1-10(26)11-2-4-13-14-8-22-9-23-18(14)19(25-17(13)6-11)24-12-3-5-16(21)15(20)7-12/h1-9H,(H,26,27)(H,28,29);2-11H,1H3,(H,23,24);1-10H,(H,25,26)(H,27,28);2-9H,1H3,(H,24,25). The number of halogens is 10. The number of fused-ring (bicyclic) bond motifs is 12. The van der Waals surface area contributed by atoms with E-state index in [0.29, 0.717) is 99.2 Å². The van der Waals surface area contributed by atoms with Gasteiger partial charge in [-0.2, -0.15) is 26.3 Å². The zero-order valence-electron chi connectivity index (χ0n) is 56.1. The van der Waals surface area contributed by atoms with Crippen LogP contribution >= 0.6 is 34.8 Å². The summed E-state index contributed by atoms with van der Waals surface area (Å²) < 4.78 is 96.6. The largest absolute Gasteiger partial charge is 0.478 e. The van der Waals surface area contributed by atoms with Crippen molar-refractivity contribution in [3.05, 3.63) is 280 Å². The number of carbonyl (C=O) groups is 4. The van der Waals surface area contributed by atoms with Crippen LogP contribution in [0.3, 0.4) is 0 Å². The third kappa shape index (κ3) is 16.4. The molecule has 0 aliphatic heterocycles. The summed E-state index contributed by atoms with van der Waals surface area (Å²) in [5.41, 5.74) is 3.83. The smallest absolute Gasteiger partial charge is 0.417 e. The van der Waals surface area contributed by atoms with Crippen LogP contribution < -0.4 is 21.3 Å². The van der Waals surface area contributed by atoms with Crippen LogP contribution in [-0.2, 0) is 17.1 Å². The number of carboxylic acids is 2. The topological polar surface area (TPSA) is 282 Å². The van der Waals surface area contributed by atoms with Crippen LogP contribution in [0.15, 0.2) is 226 Å². The van der Waals surface area contributed by atoms with E-state index in [-0.39, 0.29) is 39.1 Å². The second kappa shape index (κ2) is 31.0. The van der Waals surface area contributed by atoms with E-state index in [0.717, 1.165) is 56.9 Å². The molecule has 8 aromatic carbocycles. The molecule has 0 aliphatic carbocycles. The molecule has 0 atom stereocenters. The first-order chi connectivity index (χ1) is 52.2. The van der Waals surface area contributed by atoms with E-state index >= 15 is 0 Å². The molecular weight excluding hydrogens is 1480 g/mol. The van der Waals surface area contributed by atoms with E-state index in [1.54, 1.807) is 91.8 Å². The molecule has 0 fully saturated rings. The Bertz CT molecular complexity index is 6350. The number of alkyl halides is 6. The van der Waals surface area contributed by atoms with Gasteiger partial charge < -0.3 is 36.2 Å². The molecule has 542 valence electrons. The third-order valence-electron chi connectivity index (χ3n) is 16.8. The average molecular weight is 1530 g/mol. The van der Waals surface area contributed by atoms with Crippen LogP contribution in [0.1, 0.15) is 59.5 Å². The molecular formula is C79H49Cl3F7N13O7. The van der Waals surface area contributed by atoms with Gasteiger partial charge >= 0.3 is 30.3 Å². The Balaban J connectivity index is 0.000000128. The minimum absolute atomic E-state index is 0.00795. The van der Waals surface area contributed by atoms with Gasteiger partial charge in [0.15, 0.2) is 11.6 Å². The number of carboxylic acid groups (broad SMARTS) is 2. The molecule has 0 spiro atoms. The Morgan fingerprint density at radius 1 is 0.413 bits per heavy atom. The number of hydrogen-bond acceptors (Lipinski definition) is 18. The first kappa shape index (κ1) is 73.9. The molecule has 8 heterocycles. The van der Waals surface area contributed by atoms with Gasteiger partial charge in [-0.3, -0.25) is 19.7 Å². The van der Waals surface area contributed by atoms with Crippen molar-refractivity contribution in [2.45, 2.75) is 19.3 Å². The number of rotatable bonds is 12. The number of aromatic nitrogens is 9. The van der Waals surface area contributed by atoms with Gasteiger partial charge in [0.2, 0.25) is 0 Å². The van der Waals surface area contributed by atoms with E-state index in [9.17, 15) is 60.1 Å². The van der Waals surface area contributed by atoms with Crippen LogP contribution in [0, 0.1) is 5.82 Å².